The highest BCUT2D eigenvalue weighted by atomic mass is 16.5. The van der Waals surface area contributed by atoms with E-state index in [-0.39, 0.29) is 18.1 Å². The highest BCUT2D eigenvalue weighted by Crippen LogP contribution is 2.33. The van der Waals surface area contributed by atoms with E-state index in [0.29, 0.717) is 0 Å². The van der Waals surface area contributed by atoms with E-state index in [1.807, 2.05) is 30.9 Å². The maximum absolute atomic E-state index is 12.7. The molecule has 2 atom stereocenters. The Balaban J connectivity index is 1.43. The summed E-state index contributed by atoms with van der Waals surface area (Å²) in [5, 5.41) is 8.78. The van der Waals surface area contributed by atoms with E-state index in [4.69, 9.17) is 4.74 Å². The molecule has 2 aromatic heterocycles. The quantitative estimate of drug-likeness (QED) is 0.548. The molecular weight excluding hydrogens is 452 g/mol. The number of carbonyl (C=O) groups excluding carboxylic acids is 1. The van der Waals surface area contributed by atoms with E-state index >= 15 is 0 Å². The van der Waals surface area contributed by atoms with Gasteiger partial charge in [-0.1, -0.05) is 18.2 Å². The number of ether oxygens (including phenoxy) is 1. The molecule has 0 spiro atoms. The fraction of sp³-hybridized carbons (Fsp3) is 0.429. The normalized spacial score (nSPS) is 20.3. The number of nitrogens with one attached hydrogen (secondary N) is 1. The lowest BCUT2D eigenvalue weighted by molar-refractivity contribution is -0.126. The van der Waals surface area contributed by atoms with Gasteiger partial charge in [0.05, 0.1) is 23.4 Å². The molecule has 0 saturated carbocycles. The van der Waals surface area contributed by atoms with Crippen LogP contribution < -0.4 is 4.90 Å². The highest BCUT2D eigenvalue weighted by molar-refractivity contribution is 5.97. The highest BCUT2D eigenvalue weighted by Gasteiger charge is 2.24. The monoisotopic (exact) mass is 486 g/mol. The average molecular weight is 487 g/mol. The number of aromatic amines is 1. The molecule has 1 fully saturated rings. The Morgan fingerprint density at radius 2 is 1.86 bits per heavy atom. The minimum absolute atomic E-state index is 0.145. The molecule has 1 aromatic carbocycles. The van der Waals surface area contributed by atoms with Crippen LogP contribution in [0.15, 0.2) is 48.3 Å². The van der Waals surface area contributed by atoms with Crippen molar-refractivity contribution in [3.8, 4) is 11.4 Å². The van der Waals surface area contributed by atoms with Crippen LogP contribution in [-0.4, -0.2) is 69.4 Å². The van der Waals surface area contributed by atoms with E-state index in [1.165, 1.54) is 5.57 Å². The zero-order valence-corrected chi connectivity index (χ0v) is 21.5. The molecule has 8 heteroatoms. The SMILES string of the molecule is CCN(CC)C(=O)C1=CC=C(c2ccc3[nH]nc(-c4cc(N5CC(C)OC(C)C5)ncn4)c3c2)CC1. The third-order valence-electron chi connectivity index (χ3n) is 7.05. The summed E-state index contributed by atoms with van der Waals surface area (Å²) in [4.78, 5) is 25.9. The van der Waals surface area contributed by atoms with Crippen molar-refractivity contribution in [1.82, 2.24) is 25.1 Å². The van der Waals surface area contributed by atoms with Gasteiger partial charge in [-0.2, -0.15) is 5.10 Å². The number of H-pyrrole nitrogens is 1. The van der Waals surface area contributed by atoms with Crippen LogP contribution in [-0.2, 0) is 9.53 Å². The second-order valence-corrected chi connectivity index (χ2v) is 9.62. The fourth-order valence-corrected chi connectivity index (χ4v) is 5.19. The van der Waals surface area contributed by atoms with Gasteiger partial charge in [0.1, 0.15) is 17.8 Å². The van der Waals surface area contributed by atoms with E-state index in [2.05, 4.69) is 63.2 Å². The molecule has 3 aromatic rings. The summed E-state index contributed by atoms with van der Waals surface area (Å²) < 4.78 is 5.88. The van der Waals surface area contributed by atoms with Crippen molar-refractivity contribution in [2.24, 2.45) is 0 Å². The Hall–Kier alpha value is -3.52. The lowest BCUT2D eigenvalue weighted by atomic mass is 9.92. The molecule has 2 unspecified atom stereocenters. The first-order chi connectivity index (χ1) is 17.5. The molecule has 0 radical (unpaired) electrons. The van der Waals surface area contributed by atoms with Gasteiger partial charge >= 0.3 is 0 Å². The van der Waals surface area contributed by atoms with Gasteiger partial charge in [-0.25, -0.2) is 9.97 Å². The smallest absolute Gasteiger partial charge is 0.249 e. The van der Waals surface area contributed by atoms with Crippen molar-refractivity contribution in [1.29, 1.82) is 0 Å². The van der Waals surface area contributed by atoms with E-state index in [0.717, 1.165) is 78.3 Å². The second kappa shape index (κ2) is 10.2. The van der Waals surface area contributed by atoms with Crippen LogP contribution in [0.3, 0.4) is 0 Å². The lowest BCUT2D eigenvalue weighted by Crippen LogP contribution is -2.45. The second-order valence-electron chi connectivity index (χ2n) is 9.62. The minimum atomic E-state index is 0.145. The summed E-state index contributed by atoms with van der Waals surface area (Å²) in [5.41, 5.74) is 5.81. The van der Waals surface area contributed by atoms with Crippen LogP contribution in [0.4, 0.5) is 5.82 Å². The Bertz CT molecular complexity index is 1310. The largest absolute Gasteiger partial charge is 0.372 e. The summed E-state index contributed by atoms with van der Waals surface area (Å²) in [6.07, 6.45) is 7.59. The maximum Gasteiger partial charge on any atom is 0.249 e. The van der Waals surface area contributed by atoms with Crippen LogP contribution in [0, 0.1) is 0 Å². The summed E-state index contributed by atoms with van der Waals surface area (Å²) in [6.45, 7) is 11.3. The lowest BCUT2D eigenvalue weighted by Gasteiger charge is -2.36. The predicted octanol–water partition coefficient (Wildman–Crippen LogP) is 4.61. The van der Waals surface area contributed by atoms with Crippen LogP contribution in [0.25, 0.3) is 27.9 Å². The van der Waals surface area contributed by atoms with Gasteiger partial charge in [-0.15, -0.1) is 0 Å². The van der Waals surface area contributed by atoms with Crippen LogP contribution >= 0.6 is 0 Å². The molecule has 1 saturated heterocycles. The number of fused-ring (bicyclic) bond motifs is 1. The fourth-order valence-electron chi connectivity index (χ4n) is 5.19. The number of rotatable bonds is 6. The van der Waals surface area contributed by atoms with E-state index in [9.17, 15) is 4.79 Å². The van der Waals surface area contributed by atoms with Gasteiger partial charge < -0.3 is 14.5 Å². The number of benzene rings is 1. The topological polar surface area (TPSA) is 87.2 Å². The van der Waals surface area contributed by atoms with Crippen LogP contribution in [0.5, 0.6) is 0 Å². The molecule has 1 aliphatic carbocycles. The molecule has 1 N–H and O–H groups in total. The van der Waals surface area contributed by atoms with E-state index < -0.39 is 0 Å². The summed E-state index contributed by atoms with van der Waals surface area (Å²) in [7, 11) is 0. The Morgan fingerprint density at radius 3 is 2.56 bits per heavy atom. The van der Waals surface area contributed by atoms with Gasteiger partial charge in [-0.05, 0) is 63.8 Å². The van der Waals surface area contributed by atoms with E-state index in [1.54, 1.807) is 6.33 Å². The number of aromatic nitrogens is 4. The molecule has 5 rings (SSSR count). The molecule has 1 aliphatic heterocycles. The van der Waals surface area contributed by atoms with Gasteiger partial charge in [-0.3, -0.25) is 9.89 Å². The number of anilines is 1. The van der Waals surface area contributed by atoms with Gasteiger partial charge in [0, 0.05) is 43.2 Å². The molecule has 36 heavy (non-hydrogen) atoms. The molecule has 1 amide bonds. The Labute approximate surface area is 212 Å². The first-order valence-corrected chi connectivity index (χ1v) is 12.9. The zero-order valence-electron chi connectivity index (χ0n) is 21.5. The zero-order chi connectivity index (χ0) is 25.2. The number of hydrogen-bond donors (Lipinski definition) is 1. The van der Waals surface area contributed by atoms with Crippen molar-refractivity contribution in [3.63, 3.8) is 0 Å². The Morgan fingerprint density at radius 1 is 1.08 bits per heavy atom. The number of amides is 1. The summed E-state index contributed by atoms with van der Waals surface area (Å²) in [5.74, 6) is 1.03. The molecule has 0 bridgehead atoms. The van der Waals surface area contributed by atoms with Crippen molar-refractivity contribution in [2.45, 2.75) is 52.7 Å². The summed E-state index contributed by atoms with van der Waals surface area (Å²) >= 11 is 0. The predicted molar refractivity (Wildman–Crippen MR) is 143 cm³/mol. The molecule has 2 aliphatic rings. The standard InChI is InChI=1S/C28H34N6O2/c1-5-33(6-2)28(35)21-9-7-20(8-10-21)22-11-12-24-23(13-22)27(32-31-24)25-14-26(30-17-29-25)34-15-18(3)36-19(4)16-34/h7,9,11-14,17-19H,5-6,8,10,15-16H2,1-4H3,(H,31,32). The first-order valence-electron chi connectivity index (χ1n) is 12.9. The number of hydrogen-bond acceptors (Lipinski definition) is 6. The van der Waals surface area contributed by atoms with Gasteiger partial charge in [0.15, 0.2) is 0 Å². The number of nitrogens with zero attached hydrogens (tertiary/aromatic N) is 5. The van der Waals surface area contributed by atoms with Crippen molar-refractivity contribution in [3.05, 3.63) is 53.9 Å². The average Bonchev–Trinajstić information content (AvgIpc) is 3.32. The van der Waals surface area contributed by atoms with Crippen LogP contribution in [0.2, 0.25) is 0 Å². The molecule has 8 nitrogen and oxygen atoms in total. The minimum Gasteiger partial charge on any atom is -0.372 e. The van der Waals surface area contributed by atoms with Crippen molar-refractivity contribution >= 4 is 28.2 Å². The molecular formula is C28H34N6O2. The number of allylic oxidation sites excluding steroid dienone is 3. The van der Waals surface area contributed by atoms with Gasteiger partial charge in [0.2, 0.25) is 5.91 Å². The summed E-state index contributed by atoms with van der Waals surface area (Å²) in [6, 6.07) is 8.37. The molecule has 188 valence electrons. The number of carbonyl (C=O) groups is 1. The first kappa shape index (κ1) is 24.2. The van der Waals surface area contributed by atoms with Crippen molar-refractivity contribution in [2.75, 3.05) is 31.1 Å². The third kappa shape index (κ3) is 4.78. The number of likely N-dealkylation sites (N-methyl/N-ethyl adjacent to an activating group) is 1. The van der Waals surface area contributed by atoms with Crippen LogP contribution in [0.1, 0.15) is 46.1 Å². The number of morpholine rings is 1. The molecule has 3 heterocycles. The third-order valence-corrected chi connectivity index (χ3v) is 7.05. The maximum atomic E-state index is 12.7. The van der Waals surface area contributed by atoms with Gasteiger partial charge in [0.25, 0.3) is 0 Å². The van der Waals surface area contributed by atoms with Crippen molar-refractivity contribution < 1.29 is 9.53 Å². The Kier molecular flexibility index (Phi) is 6.87.